The van der Waals surface area contributed by atoms with Gasteiger partial charge in [0.25, 0.3) is 0 Å². The molecule has 2 atom stereocenters. The van der Waals surface area contributed by atoms with Crippen LogP contribution in [-0.4, -0.2) is 26.1 Å². The molecule has 0 spiro atoms. The molecule has 3 nitrogen and oxygen atoms in total. The van der Waals surface area contributed by atoms with Gasteiger partial charge in [-0.05, 0) is 36.4 Å². The normalized spacial score (nSPS) is 23.3. The molecule has 2 heterocycles. The number of hydrogen-bond donors (Lipinski definition) is 0. The molecule has 25 heavy (non-hydrogen) atoms. The van der Waals surface area contributed by atoms with E-state index in [0.29, 0.717) is 13.2 Å². The van der Waals surface area contributed by atoms with E-state index in [0.717, 1.165) is 17.0 Å². The summed E-state index contributed by atoms with van der Waals surface area (Å²) in [6, 6.07) is 8.04. The lowest BCUT2D eigenvalue weighted by Gasteiger charge is -2.35. The summed E-state index contributed by atoms with van der Waals surface area (Å²) in [5, 5.41) is -0.479. The van der Waals surface area contributed by atoms with Crippen LogP contribution in [-0.2, 0) is 9.47 Å². The summed E-state index contributed by atoms with van der Waals surface area (Å²) in [6.07, 6.45) is -0.547. The minimum Gasteiger partial charge on any atom is -0.490 e. The van der Waals surface area contributed by atoms with Crippen molar-refractivity contribution in [3.05, 3.63) is 59.4 Å². The van der Waals surface area contributed by atoms with Crippen LogP contribution < -0.4 is 4.74 Å². The van der Waals surface area contributed by atoms with Gasteiger partial charge in [-0.1, -0.05) is 0 Å². The number of fused-ring (bicyclic) bond motifs is 1. The number of rotatable bonds is 3. The Kier molecular flexibility index (Phi) is 4.62. The van der Waals surface area contributed by atoms with Crippen molar-refractivity contribution < 1.29 is 27.4 Å². The van der Waals surface area contributed by atoms with E-state index in [9.17, 15) is 13.2 Å². The van der Waals surface area contributed by atoms with Gasteiger partial charge in [-0.25, -0.2) is 13.2 Å². The standard InChI is InChI=1S/C18H15F3O3S/c19-10-1-3-11(4-2-10)25-17-12(18-22-7-8-23-18)9-24-16-14(21)6-5-13(20)15(16)17/h1-6,12,17-18H,7-9H2/t12-,17+/m1/s1. The van der Waals surface area contributed by atoms with E-state index in [1.165, 1.54) is 23.9 Å². The topological polar surface area (TPSA) is 27.7 Å². The van der Waals surface area contributed by atoms with Crippen LogP contribution in [0.4, 0.5) is 13.2 Å². The van der Waals surface area contributed by atoms with Crippen molar-refractivity contribution in [2.75, 3.05) is 19.8 Å². The van der Waals surface area contributed by atoms with Crippen LogP contribution in [0.3, 0.4) is 0 Å². The minimum absolute atomic E-state index is 0.0751. The second kappa shape index (κ2) is 6.90. The van der Waals surface area contributed by atoms with Gasteiger partial charge < -0.3 is 14.2 Å². The number of benzene rings is 2. The Morgan fingerprint density at radius 3 is 2.28 bits per heavy atom. The molecule has 0 saturated carbocycles. The Balaban J connectivity index is 1.74. The second-order valence-electron chi connectivity index (χ2n) is 5.85. The molecular weight excluding hydrogens is 353 g/mol. The molecule has 1 saturated heterocycles. The van der Waals surface area contributed by atoms with Crippen molar-refractivity contribution in [3.8, 4) is 5.75 Å². The molecule has 4 rings (SSSR count). The summed E-state index contributed by atoms with van der Waals surface area (Å²) in [5.74, 6) is -1.89. The molecule has 0 radical (unpaired) electrons. The quantitative estimate of drug-likeness (QED) is 0.807. The first-order chi connectivity index (χ1) is 12.1. The second-order valence-corrected chi connectivity index (χ2v) is 7.06. The van der Waals surface area contributed by atoms with Crippen LogP contribution in [0.5, 0.6) is 5.75 Å². The van der Waals surface area contributed by atoms with Crippen molar-refractivity contribution in [2.24, 2.45) is 5.92 Å². The highest BCUT2D eigenvalue weighted by Gasteiger charge is 2.42. The van der Waals surface area contributed by atoms with Crippen molar-refractivity contribution in [3.63, 3.8) is 0 Å². The van der Waals surface area contributed by atoms with Crippen LogP contribution in [0.2, 0.25) is 0 Å². The number of hydrogen-bond acceptors (Lipinski definition) is 4. The average molecular weight is 368 g/mol. The molecule has 2 aromatic rings. The first-order valence-electron chi connectivity index (χ1n) is 7.89. The lowest BCUT2D eigenvalue weighted by Crippen LogP contribution is -2.35. The van der Waals surface area contributed by atoms with Gasteiger partial charge in [0.15, 0.2) is 17.9 Å². The maximum absolute atomic E-state index is 14.5. The minimum atomic E-state index is -0.604. The predicted octanol–water partition coefficient (Wildman–Crippen LogP) is 4.32. The Bertz CT molecular complexity index is 763. The Morgan fingerprint density at radius 1 is 0.880 bits per heavy atom. The SMILES string of the molecule is Fc1ccc(S[C@@H]2c3c(F)ccc(F)c3OC[C@H]2C2OCCO2)cc1. The van der Waals surface area contributed by atoms with Gasteiger partial charge in [-0.15, -0.1) is 11.8 Å². The van der Waals surface area contributed by atoms with E-state index in [-0.39, 0.29) is 29.7 Å². The molecule has 0 amide bonds. The summed E-state index contributed by atoms with van der Waals surface area (Å²) in [6.45, 7) is 1.05. The molecule has 0 aliphatic carbocycles. The third kappa shape index (κ3) is 3.23. The van der Waals surface area contributed by atoms with E-state index in [2.05, 4.69) is 0 Å². The lowest BCUT2D eigenvalue weighted by atomic mass is 9.94. The third-order valence-corrected chi connectivity index (χ3v) is 5.65. The first kappa shape index (κ1) is 16.8. The van der Waals surface area contributed by atoms with Crippen molar-refractivity contribution in [1.29, 1.82) is 0 Å². The van der Waals surface area contributed by atoms with Crippen molar-refractivity contribution in [1.82, 2.24) is 0 Å². The van der Waals surface area contributed by atoms with E-state index in [1.807, 2.05) is 0 Å². The summed E-state index contributed by atoms with van der Waals surface area (Å²) in [5.41, 5.74) is 0.157. The highest BCUT2D eigenvalue weighted by Crippen LogP contribution is 2.50. The molecule has 0 N–H and O–H groups in total. The van der Waals surface area contributed by atoms with Crippen LogP contribution in [0.1, 0.15) is 10.8 Å². The van der Waals surface area contributed by atoms with Gasteiger partial charge in [0, 0.05) is 10.5 Å². The summed E-state index contributed by atoms with van der Waals surface area (Å²) in [7, 11) is 0. The van der Waals surface area contributed by atoms with Crippen LogP contribution in [0.15, 0.2) is 41.3 Å². The van der Waals surface area contributed by atoms with Gasteiger partial charge in [0.05, 0.1) is 31.0 Å². The summed E-state index contributed by atoms with van der Waals surface area (Å²) >= 11 is 1.32. The van der Waals surface area contributed by atoms with Crippen LogP contribution in [0.25, 0.3) is 0 Å². The number of halogens is 3. The molecule has 1 fully saturated rings. The maximum atomic E-state index is 14.5. The fourth-order valence-electron chi connectivity index (χ4n) is 3.09. The predicted molar refractivity (Wildman–Crippen MR) is 86.0 cm³/mol. The molecule has 7 heteroatoms. The Labute approximate surface area is 147 Å². The molecule has 132 valence electrons. The monoisotopic (exact) mass is 368 g/mol. The van der Waals surface area contributed by atoms with Crippen LogP contribution in [0, 0.1) is 23.4 Å². The Morgan fingerprint density at radius 2 is 1.56 bits per heavy atom. The average Bonchev–Trinajstić information content (AvgIpc) is 3.14. The van der Waals surface area contributed by atoms with E-state index >= 15 is 0 Å². The summed E-state index contributed by atoms with van der Waals surface area (Å²) in [4.78, 5) is 0.742. The van der Waals surface area contributed by atoms with Crippen LogP contribution >= 0.6 is 11.8 Å². The number of ether oxygens (including phenoxy) is 3. The Hall–Kier alpha value is -1.70. The van der Waals surface area contributed by atoms with Gasteiger partial charge >= 0.3 is 0 Å². The molecule has 0 aromatic heterocycles. The van der Waals surface area contributed by atoms with Gasteiger partial charge in [-0.3, -0.25) is 0 Å². The highest BCUT2D eigenvalue weighted by molar-refractivity contribution is 7.99. The van der Waals surface area contributed by atoms with Gasteiger partial charge in [0.2, 0.25) is 0 Å². The maximum Gasteiger partial charge on any atom is 0.165 e. The van der Waals surface area contributed by atoms with E-state index in [4.69, 9.17) is 14.2 Å². The number of thioether (sulfide) groups is 1. The van der Waals surface area contributed by atoms with Crippen molar-refractivity contribution >= 4 is 11.8 Å². The molecule has 2 aliphatic rings. The molecular formula is C18H15F3O3S. The zero-order valence-electron chi connectivity index (χ0n) is 13.1. The van der Waals surface area contributed by atoms with E-state index < -0.39 is 23.2 Å². The lowest BCUT2D eigenvalue weighted by molar-refractivity contribution is -0.0977. The van der Waals surface area contributed by atoms with Crippen molar-refractivity contribution in [2.45, 2.75) is 16.4 Å². The van der Waals surface area contributed by atoms with E-state index in [1.54, 1.807) is 12.1 Å². The molecule has 0 bridgehead atoms. The smallest absolute Gasteiger partial charge is 0.165 e. The molecule has 0 unspecified atom stereocenters. The molecule has 2 aliphatic heterocycles. The first-order valence-corrected chi connectivity index (χ1v) is 8.77. The highest BCUT2D eigenvalue weighted by atomic mass is 32.2. The largest absolute Gasteiger partial charge is 0.490 e. The zero-order valence-corrected chi connectivity index (χ0v) is 13.9. The molecule has 2 aromatic carbocycles. The fraction of sp³-hybridized carbons (Fsp3) is 0.333. The third-order valence-electron chi connectivity index (χ3n) is 4.26. The fourth-order valence-corrected chi connectivity index (χ4v) is 4.40. The zero-order chi connectivity index (χ0) is 17.4. The van der Waals surface area contributed by atoms with Gasteiger partial charge in [-0.2, -0.15) is 0 Å². The van der Waals surface area contributed by atoms with Gasteiger partial charge in [0.1, 0.15) is 11.6 Å². The summed E-state index contributed by atoms with van der Waals surface area (Å²) < 4.78 is 58.4.